The van der Waals surface area contributed by atoms with Crippen molar-refractivity contribution < 1.29 is 9.34 Å². The minimum Gasteiger partial charge on any atom is -0.434 e. The SMILES string of the molecule is O=c1c([N+](=O)[O-])c(N2CCCCC2)oc2ccccc12. The highest BCUT2D eigenvalue weighted by Crippen LogP contribution is 2.30. The highest BCUT2D eigenvalue weighted by Gasteiger charge is 2.29. The van der Waals surface area contributed by atoms with Gasteiger partial charge in [-0.15, -0.1) is 0 Å². The van der Waals surface area contributed by atoms with E-state index in [1.165, 1.54) is 0 Å². The van der Waals surface area contributed by atoms with Crippen LogP contribution in [0.1, 0.15) is 19.3 Å². The van der Waals surface area contributed by atoms with E-state index in [-0.39, 0.29) is 11.3 Å². The van der Waals surface area contributed by atoms with Crippen molar-refractivity contribution in [3.63, 3.8) is 0 Å². The topological polar surface area (TPSA) is 76.6 Å². The first-order valence-corrected chi connectivity index (χ1v) is 6.63. The van der Waals surface area contributed by atoms with E-state index in [1.807, 2.05) is 0 Å². The van der Waals surface area contributed by atoms with Gasteiger partial charge in [-0.05, 0) is 31.4 Å². The molecular weight excluding hydrogens is 260 g/mol. The number of piperidine rings is 1. The van der Waals surface area contributed by atoms with E-state index < -0.39 is 16.0 Å². The highest BCUT2D eigenvalue weighted by molar-refractivity contribution is 5.81. The van der Waals surface area contributed by atoms with Gasteiger partial charge in [-0.2, -0.15) is 0 Å². The van der Waals surface area contributed by atoms with Crippen LogP contribution in [-0.2, 0) is 0 Å². The van der Waals surface area contributed by atoms with Crippen molar-refractivity contribution in [1.82, 2.24) is 0 Å². The summed E-state index contributed by atoms with van der Waals surface area (Å²) in [4.78, 5) is 24.7. The molecule has 1 aliphatic heterocycles. The Balaban J connectivity index is 2.26. The molecular formula is C14H14N2O4. The van der Waals surface area contributed by atoms with Crippen molar-refractivity contribution in [2.45, 2.75) is 19.3 Å². The predicted octanol–water partition coefficient (Wildman–Crippen LogP) is 2.69. The molecule has 6 nitrogen and oxygen atoms in total. The fourth-order valence-electron chi connectivity index (χ4n) is 2.59. The van der Waals surface area contributed by atoms with Crippen molar-refractivity contribution >= 4 is 22.5 Å². The highest BCUT2D eigenvalue weighted by atomic mass is 16.6. The van der Waals surface area contributed by atoms with Crippen LogP contribution in [0, 0.1) is 10.1 Å². The summed E-state index contributed by atoms with van der Waals surface area (Å²) in [5, 5.41) is 11.5. The van der Waals surface area contributed by atoms with Crippen molar-refractivity contribution in [3.8, 4) is 0 Å². The maximum absolute atomic E-state index is 12.3. The lowest BCUT2D eigenvalue weighted by Gasteiger charge is -2.26. The van der Waals surface area contributed by atoms with Crippen molar-refractivity contribution in [2.75, 3.05) is 18.0 Å². The van der Waals surface area contributed by atoms with Gasteiger partial charge in [0.1, 0.15) is 5.58 Å². The van der Waals surface area contributed by atoms with Crippen molar-refractivity contribution in [1.29, 1.82) is 0 Å². The lowest BCUT2D eigenvalue weighted by atomic mass is 10.1. The maximum atomic E-state index is 12.3. The number of nitro groups is 1. The first kappa shape index (κ1) is 12.7. The standard InChI is InChI=1S/C14H14N2O4/c17-13-10-6-2-3-7-11(10)20-14(12(13)16(18)19)15-8-4-1-5-9-15/h2-3,6-7H,1,4-5,8-9H2. The van der Waals surface area contributed by atoms with Crippen LogP contribution in [-0.4, -0.2) is 18.0 Å². The van der Waals surface area contributed by atoms with Gasteiger partial charge in [0.2, 0.25) is 0 Å². The van der Waals surface area contributed by atoms with Gasteiger partial charge in [0.05, 0.1) is 10.3 Å². The number of benzene rings is 1. The summed E-state index contributed by atoms with van der Waals surface area (Å²) in [6.45, 7) is 1.37. The Morgan fingerprint density at radius 2 is 1.85 bits per heavy atom. The number of hydrogen-bond acceptors (Lipinski definition) is 5. The van der Waals surface area contributed by atoms with Crippen LogP contribution in [0.2, 0.25) is 0 Å². The fourth-order valence-corrected chi connectivity index (χ4v) is 2.59. The smallest absolute Gasteiger partial charge is 0.376 e. The predicted molar refractivity (Wildman–Crippen MR) is 75.2 cm³/mol. The molecule has 0 atom stereocenters. The Morgan fingerprint density at radius 1 is 1.15 bits per heavy atom. The molecule has 0 bridgehead atoms. The third-order valence-electron chi connectivity index (χ3n) is 3.58. The second kappa shape index (κ2) is 4.96. The summed E-state index contributed by atoms with van der Waals surface area (Å²) < 4.78 is 5.66. The minimum atomic E-state index is -0.637. The monoisotopic (exact) mass is 274 g/mol. The molecule has 1 aromatic carbocycles. The van der Waals surface area contributed by atoms with Gasteiger partial charge in [-0.3, -0.25) is 14.9 Å². The van der Waals surface area contributed by atoms with Crippen LogP contribution in [0.5, 0.6) is 0 Å². The van der Waals surface area contributed by atoms with Crippen molar-refractivity contribution in [3.05, 3.63) is 44.6 Å². The van der Waals surface area contributed by atoms with E-state index in [0.717, 1.165) is 19.3 Å². The minimum absolute atomic E-state index is 0.0957. The van der Waals surface area contributed by atoms with E-state index in [0.29, 0.717) is 18.7 Å². The van der Waals surface area contributed by atoms with Crippen LogP contribution in [0.25, 0.3) is 11.0 Å². The molecule has 0 aliphatic carbocycles. The number of para-hydroxylation sites is 1. The third kappa shape index (κ3) is 2.03. The van der Waals surface area contributed by atoms with E-state index in [2.05, 4.69) is 0 Å². The number of hydrogen-bond donors (Lipinski definition) is 0. The Bertz CT molecular complexity index is 717. The summed E-state index contributed by atoms with van der Waals surface area (Å²) in [5.41, 5.74) is -0.633. The Morgan fingerprint density at radius 3 is 2.55 bits per heavy atom. The zero-order valence-corrected chi connectivity index (χ0v) is 10.9. The second-order valence-corrected chi connectivity index (χ2v) is 4.89. The van der Waals surface area contributed by atoms with E-state index in [9.17, 15) is 14.9 Å². The van der Waals surface area contributed by atoms with Crippen LogP contribution < -0.4 is 10.3 Å². The first-order chi connectivity index (χ1) is 9.68. The van der Waals surface area contributed by atoms with Crippen LogP contribution >= 0.6 is 0 Å². The molecule has 2 aromatic rings. The van der Waals surface area contributed by atoms with Gasteiger partial charge in [-0.25, -0.2) is 0 Å². The summed E-state index contributed by atoms with van der Waals surface area (Å²) in [5.74, 6) is 0.0957. The van der Waals surface area contributed by atoms with E-state index >= 15 is 0 Å². The summed E-state index contributed by atoms with van der Waals surface area (Å²) >= 11 is 0. The summed E-state index contributed by atoms with van der Waals surface area (Å²) in [6, 6.07) is 6.63. The Labute approximate surface area is 114 Å². The molecule has 0 N–H and O–H groups in total. The van der Waals surface area contributed by atoms with Gasteiger partial charge >= 0.3 is 5.69 Å². The lowest BCUT2D eigenvalue weighted by molar-refractivity contribution is -0.385. The second-order valence-electron chi connectivity index (χ2n) is 4.89. The van der Waals surface area contributed by atoms with Crippen molar-refractivity contribution in [2.24, 2.45) is 0 Å². The van der Waals surface area contributed by atoms with Gasteiger partial charge < -0.3 is 9.32 Å². The van der Waals surface area contributed by atoms with Gasteiger partial charge in [0, 0.05) is 13.1 Å². The average molecular weight is 274 g/mol. The molecule has 0 saturated carbocycles. The molecule has 20 heavy (non-hydrogen) atoms. The number of nitrogens with zero attached hydrogens (tertiary/aromatic N) is 2. The average Bonchev–Trinajstić information content (AvgIpc) is 2.47. The molecule has 0 spiro atoms. The van der Waals surface area contributed by atoms with Crippen LogP contribution in [0.15, 0.2) is 33.5 Å². The Hall–Kier alpha value is -2.37. The molecule has 0 unspecified atom stereocenters. The largest absolute Gasteiger partial charge is 0.434 e. The zero-order chi connectivity index (χ0) is 14.1. The molecule has 3 rings (SSSR count). The molecule has 0 amide bonds. The molecule has 0 radical (unpaired) electrons. The first-order valence-electron chi connectivity index (χ1n) is 6.63. The quantitative estimate of drug-likeness (QED) is 0.621. The van der Waals surface area contributed by atoms with Gasteiger partial charge in [-0.1, -0.05) is 12.1 Å². The number of fused-ring (bicyclic) bond motifs is 1. The maximum Gasteiger partial charge on any atom is 0.376 e. The van der Waals surface area contributed by atoms with Crippen LogP contribution in [0.4, 0.5) is 11.6 Å². The summed E-state index contributed by atoms with van der Waals surface area (Å²) in [7, 11) is 0. The summed E-state index contributed by atoms with van der Waals surface area (Å²) in [6.07, 6.45) is 3.00. The van der Waals surface area contributed by atoms with E-state index in [1.54, 1.807) is 29.2 Å². The van der Waals surface area contributed by atoms with Crippen LogP contribution in [0.3, 0.4) is 0 Å². The number of rotatable bonds is 2. The Kier molecular flexibility index (Phi) is 3.14. The molecule has 1 aliphatic rings. The fraction of sp³-hybridized carbons (Fsp3) is 0.357. The normalized spacial score (nSPS) is 15.5. The molecule has 1 saturated heterocycles. The molecule has 1 fully saturated rings. The molecule has 1 aromatic heterocycles. The molecule has 2 heterocycles. The van der Waals surface area contributed by atoms with E-state index in [4.69, 9.17) is 4.42 Å². The third-order valence-corrected chi connectivity index (χ3v) is 3.58. The molecule has 6 heteroatoms. The van der Waals surface area contributed by atoms with Gasteiger partial charge in [0.25, 0.3) is 11.3 Å². The number of anilines is 1. The van der Waals surface area contributed by atoms with Gasteiger partial charge in [0.15, 0.2) is 0 Å². The molecule has 104 valence electrons. The lowest BCUT2D eigenvalue weighted by Crippen LogP contribution is -2.31. The zero-order valence-electron chi connectivity index (χ0n) is 10.9.